The Morgan fingerprint density at radius 3 is 2.81 bits per heavy atom. The molecular weight excluding hydrogens is 286 g/mol. The van der Waals surface area contributed by atoms with E-state index in [1.807, 2.05) is 31.0 Å². The Balaban J connectivity index is 2.34. The van der Waals surface area contributed by atoms with Crippen molar-refractivity contribution in [1.29, 1.82) is 0 Å². The zero-order valence-corrected chi connectivity index (χ0v) is 13.5. The van der Waals surface area contributed by atoms with Crippen molar-refractivity contribution in [2.45, 2.75) is 25.9 Å². The molecule has 2 heterocycles. The van der Waals surface area contributed by atoms with Crippen molar-refractivity contribution in [3.05, 3.63) is 46.5 Å². The number of nitrogens with two attached hydrogens (primary N) is 1. The van der Waals surface area contributed by atoms with Crippen molar-refractivity contribution in [1.82, 2.24) is 19.7 Å². The maximum absolute atomic E-state index is 6.46. The molecule has 0 bridgehead atoms. The number of hydrogen-bond donors (Lipinski definition) is 1. The van der Waals surface area contributed by atoms with Gasteiger partial charge in [0, 0.05) is 18.9 Å². The van der Waals surface area contributed by atoms with E-state index in [-0.39, 0.29) is 6.04 Å². The van der Waals surface area contributed by atoms with Crippen molar-refractivity contribution >= 4 is 11.6 Å². The van der Waals surface area contributed by atoms with Crippen LogP contribution < -0.4 is 5.73 Å². The minimum absolute atomic E-state index is 0.292. The predicted octanol–water partition coefficient (Wildman–Crippen LogP) is 2.10. The number of hydrogen-bond acceptors (Lipinski definition) is 4. The normalized spacial score (nSPS) is 12.9. The van der Waals surface area contributed by atoms with Crippen LogP contribution in [0.3, 0.4) is 0 Å². The van der Waals surface area contributed by atoms with Crippen LogP contribution in [0.25, 0.3) is 0 Å². The van der Waals surface area contributed by atoms with Crippen molar-refractivity contribution < 1.29 is 0 Å². The highest BCUT2D eigenvalue weighted by Gasteiger charge is 2.20. The van der Waals surface area contributed by atoms with Crippen LogP contribution in [0.5, 0.6) is 0 Å². The Morgan fingerprint density at radius 1 is 1.38 bits per heavy atom. The minimum atomic E-state index is -0.292. The monoisotopic (exact) mass is 307 g/mol. The first kappa shape index (κ1) is 15.9. The molecule has 0 aliphatic rings. The maximum atomic E-state index is 6.46. The van der Waals surface area contributed by atoms with Crippen LogP contribution in [0.4, 0.5) is 0 Å². The summed E-state index contributed by atoms with van der Waals surface area (Å²) in [4.78, 5) is 6.27. The van der Waals surface area contributed by atoms with E-state index < -0.39 is 0 Å². The number of pyridine rings is 1. The molecule has 2 aromatic heterocycles. The molecule has 0 aromatic carbocycles. The van der Waals surface area contributed by atoms with Crippen LogP contribution in [-0.4, -0.2) is 40.3 Å². The molecule has 2 aromatic rings. The highest BCUT2D eigenvalue weighted by atomic mass is 35.5. The lowest BCUT2D eigenvalue weighted by atomic mass is 9.99. The molecule has 0 saturated carbocycles. The molecule has 0 aliphatic carbocycles. The molecule has 6 heteroatoms. The lowest BCUT2D eigenvalue weighted by Gasteiger charge is -2.19. The summed E-state index contributed by atoms with van der Waals surface area (Å²) in [5, 5.41) is 4.96. The molecular formula is C15H22ClN5. The van der Waals surface area contributed by atoms with E-state index >= 15 is 0 Å². The summed E-state index contributed by atoms with van der Waals surface area (Å²) in [5.41, 5.74) is 9.52. The first-order chi connectivity index (χ1) is 10.0. The Hall–Kier alpha value is -1.43. The smallest absolute Gasteiger partial charge is 0.0837 e. The third-order valence-corrected chi connectivity index (χ3v) is 3.84. The van der Waals surface area contributed by atoms with Gasteiger partial charge in [-0.25, -0.2) is 0 Å². The van der Waals surface area contributed by atoms with Crippen LogP contribution >= 0.6 is 11.6 Å². The summed E-state index contributed by atoms with van der Waals surface area (Å²) in [6, 6.07) is 1.67. The highest BCUT2D eigenvalue weighted by molar-refractivity contribution is 6.31. The van der Waals surface area contributed by atoms with E-state index in [2.05, 4.69) is 21.9 Å². The number of rotatable bonds is 6. The van der Waals surface area contributed by atoms with Gasteiger partial charge in [-0.3, -0.25) is 9.67 Å². The van der Waals surface area contributed by atoms with Crippen molar-refractivity contribution in [3.8, 4) is 0 Å². The van der Waals surface area contributed by atoms with Crippen LogP contribution in [0.1, 0.15) is 29.8 Å². The number of aromatic nitrogens is 3. The first-order valence-electron chi connectivity index (χ1n) is 7.08. The molecule has 0 spiro atoms. The van der Waals surface area contributed by atoms with E-state index in [9.17, 15) is 0 Å². The number of aryl methyl sites for hydroxylation is 1. The maximum Gasteiger partial charge on any atom is 0.0837 e. The standard InChI is InChI=1S/C15H22ClN5/c1-4-11-9-18-6-5-12(11)14(17)15-13(16)10-19-21(15)8-7-20(2)3/h5-6,9-10,14H,4,7-8,17H2,1-3H3. The van der Waals surface area contributed by atoms with Gasteiger partial charge in [0.1, 0.15) is 0 Å². The highest BCUT2D eigenvalue weighted by Crippen LogP contribution is 2.28. The average molecular weight is 308 g/mol. The lowest BCUT2D eigenvalue weighted by molar-refractivity contribution is 0.368. The van der Waals surface area contributed by atoms with Crippen LogP contribution in [-0.2, 0) is 13.0 Å². The van der Waals surface area contributed by atoms with Gasteiger partial charge in [0.2, 0.25) is 0 Å². The van der Waals surface area contributed by atoms with Crippen molar-refractivity contribution in [2.24, 2.45) is 5.73 Å². The fourth-order valence-electron chi connectivity index (χ4n) is 2.34. The number of likely N-dealkylation sites (N-methyl/N-ethyl adjacent to an activating group) is 1. The lowest BCUT2D eigenvalue weighted by Crippen LogP contribution is -2.24. The summed E-state index contributed by atoms with van der Waals surface area (Å²) in [6.07, 6.45) is 6.19. The van der Waals surface area contributed by atoms with Gasteiger partial charge in [-0.15, -0.1) is 0 Å². The quantitative estimate of drug-likeness (QED) is 0.888. The van der Waals surface area contributed by atoms with Gasteiger partial charge in [-0.1, -0.05) is 18.5 Å². The van der Waals surface area contributed by atoms with Crippen molar-refractivity contribution in [3.63, 3.8) is 0 Å². The Bertz CT molecular complexity index is 593. The number of nitrogens with zero attached hydrogens (tertiary/aromatic N) is 4. The second-order valence-electron chi connectivity index (χ2n) is 5.31. The summed E-state index contributed by atoms with van der Waals surface area (Å²) in [7, 11) is 4.06. The van der Waals surface area contributed by atoms with Gasteiger partial charge in [-0.05, 0) is 37.7 Å². The molecule has 0 fully saturated rings. The largest absolute Gasteiger partial charge is 0.319 e. The van der Waals surface area contributed by atoms with Gasteiger partial charge in [0.25, 0.3) is 0 Å². The first-order valence-corrected chi connectivity index (χ1v) is 7.46. The second-order valence-corrected chi connectivity index (χ2v) is 5.72. The molecule has 0 radical (unpaired) electrons. The predicted molar refractivity (Wildman–Crippen MR) is 85.4 cm³/mol. The van der Waals surface area contributed by atoms with Crippen LogP contribution in [0.15, 0.2) is 24.7 Å². The molecule has 21 heavy (non-hydrogen) atoms. The zero-order chi connectivity index (χ0) is 15.4. The summed E-state index contributed by atoms with van der Waals surface area (Å²) < 4.78 is 1.90. The van der Waals surface area contributed by atoms with E-state index in [4.69, 9.17) is 17.3 Å². The van der Waals surface area contributed by atoms with E-state index in [1.54, 1.807) is 12.4 Å². The van der Waals surface area contributed by atoms with Gasteiger partial charge >= 0.3 is 0 Å². The van der Waals surface area contributed by atoms with Crippen LogP contribution in [0, 0.1) is 0 Å². The molecule has 2 N–H and O–H groups in total. The summed E-state index contributed by atoms with van der Waals surface area (Å²) in [6.45, 7) is 3.74. The molecule has 0 aliphatic heterocycles. The van der Waals surface area contributed by atoms with Gasteiger partial charge in [-0.2, -0.15) is 5.10 Å². The SMILES string of the molecule is CCc1cnccc1C(N)c1c(Cl)cnn1CCN(C)C. The molecule has 1 unspecified atom stereocenters. The zero-order valence-electron chi connectivity index (χ0n) is 12.8. The fraction of sp³-hybridized carbons (Fsp3) is 0.467. The number of halogens is 1. The Kier molecular flexibility index (Phi) is 5.33. The third-order valence-electron chi connectivity index (χ3n) is 3.54. The average Bonchev–Trinajstić information content (AvgIpc) is 2.85. The molecule has 0 amide bonds. The van der Waals surface area contributed by atoms with E-state index in [0.29, 0.717) is 5.02 Å². The molecule has 5 nitrogen and oxygen atoms in total. The van der Waals surface area contributed by atoms with E-state index in [1.165, 1.54) is 0 Å². The topological polar surface area (TPSA) is 60.0 Å². The van der Waals surface area contributed by atoms with E-state index in [0.717, 1.165) is 36.3 Å². The molecule has 2 rings (SSSR count). The van der Waals surface area contributed by atoms with Crippen molar-refractivity contribution in [2.75, 3.05) is 20.6 Å². The molecule has 114 valence electrons. The molecule has 1 atom stereocenters. The van der Waals surface area contributed by atoms with Gasteiger partial charge in [0.05, 0.1) is 29.5 Å². The van der Waals surface area contributed by atoms with Gasteiger partial charge < -0.3 is 10.6 Å². The fourth-order valence-corrected chi connectivity index (χ4v) is 2.60. The summed E-state index contributed by atoms with van der Waals surface area (Å²) in [5.74, 6) is 0. The minimum Gasteiger partial charge on any atom is -0.319 e. The summed E-state index contributed by atoms with van der Waals surface area (Å²) >= 11 is 6.31. The Morgan fingerprint density at radius 2 is 2.14 bits per heavy atom. The second kappa shape index (κ2) is 7.02. The van der Waals surface area contributed by atoms with Crippen LogP contribution in [0.2, 0.25) is 5.02 Å². The van der Waals surface area contributed by atoms with Gasteiger partial charge in [0.15, 0.2) is 0 Å². The third kappa shape index (κ3) is 3.61. The Labute approximate surface area is 130 Å². The molecule has 0 saturated heterocycles.